The van der Waals surface area contributed by atoms with E-state index in [1.54, 1.807) is 12.4 Å². The van der Waals surface area contributed by atoms with Gasteiger partial charge in [-0.15, -0.1) is 17.1 Å². The van der Waals surface area contributed by atoms with Crippen molar-refractivity contribution in [3.63, 3.8) is 0 Å². The van der Waals surface area contributed by atoms with Crippen LogP contribution in [0.5, 0.6) is 0 Å². The van der Waals surface area contributed by atoms with Gasteiger partial charge in [0.2, 0.25) is 0 Å². The molecule has 0 amide bonds. The Morgan fingerprint density at radius 1 is 1.59 bits per heavy atom. The SMILES string of the molecule is C=CC(Cn1cnc2ccccc21)ONN=O. The normalized spacial score (nSPS) is 12.2. The minimum Gasteiger partial charge on any atom is -0.328 e. The van der Waals surface area contributed by atoms with Crippen LogP contribution in [-0.4, -0.2) is 15.7 Å². The third-order valence-corrected chi connectivity index (χ3v) is 2.41. The zero-order valence-corrected chi connectivity index (χ0v) is 9.11. The molecule has 1 heterocycles. The molecule has 0 aliphatic carbocycles. The van der Waals surface area contributed by atoms with E-state index in [0.29, 0.717) is 6.54 Å². The van der Waals surface area contributed by atoms with Crippen LogP contribution in [0.15, 0.2) is 48.5 Å². The molecule has 0 radical (unpaired) electrons. The summed E-state index contributed by atoms with van der Waals surface area (Å²) in [6.45, 7) is 4.14. The number of rotatable bonds is 6. The summed E-state index contributed by atoms with van der Waals surface area (Å²) in [5, 5.41) is 2.42. The van der Waals surface area contributed by atoms with Crippen molar-refractivity contribution < 1.29 is 4.84 Å². The standard InChI is InChI=1S/C11H12N4O2/c1-2-9(17-14-13-16)7-15-8-12-10-5-3-4-6-11(10)15/h2-6,8-9H,1,7H2,(H,14,16). The van der Waals surface area contributed by atoms with E-state index in [1.807, 2.05) is 34.4 Å². The quantitative estimate of drug-likeness (QED) is 0.468. The maximum atomic E-state index is 9.90. The van der Waals surface area contributed by atoms with E-state index >= 15 is 0 Å². The lowest BCUT2D eigenvalue weighted by molar-refractivity contribution is -0.00639. The molecule has 88 valence electrons. The van der Waals surface area contributed by atoms with E-state index < -0.39 is 0 Å². The van der Waals surface area contributed by atoms with Crippen molar-refractivity contribution in [2.45, 2.75) is 12.6 Å². The van der Waals surface area contributed by atoms with Crippen molar-refractivity contribution in [3.8, 4) is 0 Å². The lowest BCUT2D eigenvalue weighted by Gasteiger charge is -2.12. The molecule has 6 heteroatoms. The molecule has 0 spiro atoms. The van der Waals surface area contributed by atoms with E-state index in [0.717, 1.165) is 11.0 Å². The number of nitrogens with one attached hydrogen (secondary N) is 1. The fourth-order valence-corrected chi connectivity index (χ4v) is 1.60. The number of hydrogen-bond acceptors (Lipinski definition) is 4. The molecule has 2 rings (SSSR count). The van der Waals surface area contributed by atoms with Gasteiger partial charge in [-0.1, -0.05) is 18.2 Å². The molecule has 6 nitrogen and oxygen atoms in total. The maximum absolute atomic E-state index is 9.90. The highest BCUT2D eigenvalue weighted by Gasteiger charge is 2.08. The van der Waals surface area contributed by atoms with Gasteiger partial charge in [0, 0.05) is 0 Å². The minimum atomic E-state index is -0.356. The number of fused-ring (bicyclic) bond motifs is 1. The van der Waals surface area contributed by atoms with Crippen molar-refractivity contribution in [3.05, 3.63) is 48.2 Å². The van der Waals surface area contributed by atoms with E-state index in [4.69, 9.17) is 4.84 Å². The highest BCUT2D eigenvalue weighted by molar-refractivity contribution is 5.74. The Morgan fingerprint density at radius 2 is 2.41 bits per heavy atom. The molecule has 1 aromatic heterocycles. The van der Waals surface area contributed by atoms with Crippen LogP contribution in [0.3, 0.4) is 0 Å². The van der Waals surface area contributed by atoms with Crippen molar-refractivity contribution in [2.75, 3.05) is 0 Å². The Morgan fingerprint density at radius 3 is 3.18 bits per heavy atom. The fraction of sp³-hybridized carbons (Fsp3) is 0.182. The summed E-state index contributed by atoms with van der Waals surface area (Å²) in [6, 6.07) is 7.77. The molecular weight excluding hydrogens is 220 g/mol. The predicted octanol–water partition coefficient (Wildman–Crippen LogP) is 1.79. The zero-order chi connectivity index (χ0) is 12.1. The van der Waals surface area contributed by atoms with Crippen LogP contribution >= 0.6 is 0 Å². The first-order chi connectivity index (χ1) is 8.35. The van der Waals surface area contributed by atoms with Crippen molar-refractivity contribution in [1.82, 2.24) is 15.1 Å². The number of para-hydroxylation sites is 2. The van der Waals surface area contributed by atoms with Crippen LogP contribution in [0.25, 0.3) is 11.0 Å². The molecule has 17 heavy (non-hydrogen) atoms. The number of nitrogens with zero attached hydrogens (tertiary/aromatic N) is 3. The van der Waals surface area contributed by atoms with Gasteiger partial charge in [0.1, 0.15) is 6.10 Å². The first-order valence-corrected chi connectivity index (χ1v) is 5.10. The third kappa shape index (κ3) is 2.48. The molecule has 0 aliphatic rings. The summed E-state index contributed by atoms with van der Waals surface area (Å²) in [4.78, 5) is 19.1. The van der Waals surface area contributed by atoms with Gasteiger partial charge in [0.25, 0.3) is 0 Å². The van der Waals surface area contributed by atoms with E-state index in [9.17, 15) is 4.91 Å². The van der Waals surface area contributed by atoms with Gasteiger partial charge < -0.3 is 4.57 Å². The number of aromatic nitrogens is 2. The molecule has 0 saturated heterocycles. The molecule has 1 N–H and O–H groups in total. The zero-order valence-electron chi connectivity index (χ0n) is 9.11. The second-order valence-electron chi connectivity index (χ2n) is 3.46. The molecule has 1 aromatic carbocycles. The van der Waals surface area contributed by atoms with E-state index in [2.05, 4.69) is 16.8 Å². The van der Waals surface area contributed by atoms with Gasteiger partial charge in [-0.3, -0.25) is 0 Å². The summed E-state index contributed by atoms with van der Waals surface area (Å²) in [5.74, 6) is 0. The summed E-state index contributed by atoms with van der Waals surface area (Å²) in [5.41, 5.74) is 3.84. The van der Waals surface area contributed by atoms with Crippen molar-refractivity contribution in [2.24, 2.45) is 5.29 Å². The number of hydrogen-bond donors (Lipinski definition) is 1. The number of nitroso groups, excluding NO2 is 1. The van der Waals surface area contributed by atoms with E-state index in [1.165, 1.54) is 0 Å². The fourth-order valence-electron chi connectivity index (χ4n) is 1.60. The predicted molar refractivity (Wildman–Crippen MR) is 63.7 cm³/mol. The average Bonchev–Trinajstić information content (AvgIpc) is 2.78. The molecule has 0 fully saturated rings. The van der Waals surface area contributed by atoms with Gasteiger partial charge in [0.15, 0.2) is 0 Å². The van der Waals surface area contributed by atoms with Crippen LogP contribution in [0, 0.1) is 4.91 Å². The van der Waals surface area contributed by atoms with Crippen LogP contribution < -0.4 is 5.59 Å². The van der Waals surface area contributed by atoms with Gasteiger partial charge >= 0.3 is 0 Å². The van der Waals surface area contributed by atoms with Crippen molar-refractivity contribution >= 4 is 11.0 Å². The molecule has 0 bridgehead atoms. The maximum Gasteiger partial charge on any atom is 0.123 e. The average molecular weight is 232 g/mol. The van der Waals surface area contributed by atoms with Gasteiger partial charge in [-0.25, -0.2) is 9.82 Å². The lowest BCUT2D eigenvalue weighted by atomic mass is 10.3. The summed E-state index contributed by atoms with van der Waals surface area (Å²) < 4.78 is 1.92. The lowest BCUT2D eigenvalue weighted by Crippen LogP contribution is -2.22. The highest BCUT2D eigenvalue weighted by atomic mass is 16.7. The smallest absolute Gasteiger partial charge is 0.123 e. The molecule has 2 aromatic rings. The number of imidazole rings is 1. The highest BCUT2D eigenvalue weighted by Crippen LogP contribution is 2.12. The second-order valence-corrected chi connectivity index (χ2v) is 3.46. The first-order valence-electron chi connectivity index (χ1n) is 5.10. The minimum absolute atomic E-state index is 0.356. The summed E-state index contributed by atoms with van der Waals surface area (Å²) in [7, 11) is 0. The van der Waals surface area contributed by atoms with Crippen LogP contribution in [-0.2, 0) is 11.4 Å². The summed E-state index contributed by atoms with van der Waals surface area (Å²) in [6.07, 6.45) is 2.96. The van der Waals surface area contributed by atoms with Crippen LogP contribution in [0.4, 0.5) is 0 Å². The molecular formula is C11H12N4O2. The Kier molecular flexibility index (Phi) is 3.46. The van der Waals surface area contributed by atoms with Crippen LogP contribution in [0.1, 0.15) is 0 Å². The van der Waals surface area contributed by atoms with E-state index in [-0.39, 0.29) is 6.10 Å². The molecule has 1 unspecified atom stereocenters. The Balaban J connectivity index is 2.16. The first kappa shape index (κ1) is 11.3. The topological polar surface area (TPSA) is 68.5 Å². The largest absolute Gasteiger partial charge is 0.328 e. The molecule has 0 saturated carbocycles. The van der Waals surface area contributed by atoms with Crippen molar-refractivity contribution in [1.29, 1.82) is 0 Å². The Bertz CT molecular complexity index is 523. The Hall–Kier alpha value is -2.21. The Labute approximate surface area is 97.8 Å². The number of benzene rings is 1. The second kappa shape index (κ2) is 5.22. The summed E-state index contributed by atoms with van der Waals surface area (Å²) >= 11 is 0. The molecule has 1 atom stereocenters. The molecule has 0 aliphatic heterocycles. The van der Waals surface area contributed by atoms with Gasteiger partial charge in [-0.05, 0) is 12.1 Å². The third-order valence-electron chi connectivity index (χ3n) is 2.41. The van der Waals surface area contributed by atoms with Gasteiger partial charge in [0.05, 0.1) is 29.2 Å². The van der Waals surface area contributed by atoms with Gasteiger partial charge in [-0.2, -0.15) is 0 Å². The monoisotopic (exact) mass is 232 g/mol. The van der Waals surface area contributed by atoms with Crippen LogP contribution in [0.2, 0.25) is 0 Å².